The van der Waals surface area contributed by atoms with Crippen molar-refractivity contribution in [3.05, 3.63) is 34.9 Å². The fourth-order valence-electron chi connectivity index (χ4n) is 1.32. The van der Waals surface area contributed by atoms with E-state index in [0.29, 0.717) is 5.92 Å². The third kappa shape index (κ3) is 2.99. The van der Waals surface area contributed by atoms with Gasteiger partial charge in [0.1, 0.15) is 0 Å². The zero-order valence-corrected chi connectivity index (χ0v) is 11.1. The first-order valence-corrected chi connectivity index (χ1v) is 4.10. The Labute approximate surface area is 101 Å². The second-order valence-electron chi connectivity index (χ2n) is 3.41. The van der Waals surface area contributed by atoms with Crippen LogP contribution in [0.2, 0.25) is 0 Å². The van der Waals surface area contributed by atoms with Crippen molar-refractivity contribution in [2.75, 3.05) is 0 Å². The maximum atomic E-state index is 3.19. The van der Waals surface area contributed by atoms with Gasteiger partial charge in [0.05, 0.1) is 0 Å². The van der Waals surface area contributed by atoms with E-state index in [9.17, 15) is 0 Å². The average Bonchev–Trinajstić information content (AvgIpc) is 1.94. The van der Waals surface area contributed by atoms with E-state index >= 15 is 0 Å². The third-order valence-electron chi connectivity index (χ3n) is 1.97. The Morgan fingerprint density at radius 1 is 1.25 bits per heavy atom. The van der Waals surface area contributed by atoms with E-state index in [-0.39, 0.29) is 32.7 Å². The van der Waals surface area contributed by atoms with Gasteiger partial charge in [-0.2, -0.15) is 34.9 Å². The zero-order chi connectivity index (χ0) is 8.43. The summed E-state index contributed by atoms with van der Waals surface area (Å²) in [6, 6.07) is 7.49. The molecule has 0 bridgehead atoms. The summed E-state index contributed by atoms with van der Waals surface area (Å²) in [5, 5.41) is 0. The second-order valence-corrected chi connectivity index (χ2v) is 3.41. The molecule has 1 radical (unpaired) electrons. The van der Waals surface area contributed by atoms with E-state index in [2.05, 4.69) is 45.9 Å². The minimum absolute atomic E-state index is 0. The third-order valence-corrected chi connectivity index (χ3v) is 1.97. The molecule has 0 atom stereocenters. The van der Waals surface area contributed by atoms with Crippen LogP contribution >= 0.6 is 0 Å². The Balaban J connectivity index is 0.00000121. The maximum absolute atomic E-state index is 3.19. The van der Waals surface area contributed by atoms with Crippen molar-refractivity contribution in [1.82, 2.24) is 0 Å². The van der Waals surface area contributed by atoms with Crippen LogP contribution in [0, 0.1) is 19.9 Å². The smallest absolute Gasteiger partial charge is 0 e. The van der Waals surface area contributed by atoms with Gasteiger partial charge < -0.3 is 0 Å². The van der Waals surface area contributed by atoms with Crippen LogP contribution in [-0.4, -0.2) is 0 Å². The molecule has 1 aromatic carbocycles. The molecule has 0 spiro atoms. The van der Waals surface area contributed by atoms with Gasteiger partial charge in [-0.1, -0.05) is 27.7 Å². The summed E-state index contributed by atoms with van der Waals surface area (Å²) in [4.78, 5) is 0. The van der Waals surface area contributed by atoms with Crippen molar-refractivity contribution in [3.8, 4) is 0 Å². The zero-order valence-electron chi connectivity index (χ0n) is 8.31. The van der Waals surface area contributed by atoms with E-state index in [1.54, 1.807) is 0 Å². The van der Waals surface area contributed by atoms with Crippen molar-refractivity contribution >= 4 is 0 Å². The van der Waals surface area contributed by atoms with Crippen molar-refractivity contribution in [2.45, 2.75) is 33.6 Å². The average molecular weight is 236 g/mol. The van der Waals surface area contributed by atoms with Gasteiger partial charge in [-0.3, -0.25) is 0 Å². The molecule has 0 heterocycles. The van der Waals surface area contributed by atoms with E-state index in [1.165, 1.54) is 16.7 Å². The summed E-state index contributed by atoms with van der Waals surface area (Å²) in [5.74, 6) is 0.628. The van der Waals surface area contributed by atoms with Crippen LogP contribution in [0.5, 0.6) is 0 Å². The van der Waals surface area contributed by atoms with Crippen molar-refractivity contribution in [2.24, 2.45) is 0 Å². The van der Waals surface area contributed by atoms with Crippen LogP contribution < -0.4 is 0 Å². The first-order chi connectivity index (χ1) is 5.11. The Hall–Kier alpha value is 0.324. The van der Waals surface area contributed by atoms with Crippen LogP contribution in [0.25, 0.3) is 0 Å². The van der Waals surface area contributed by atoms with E-state index in [0.717, 1.165) is 0 Å². The summed E-state index contributed by atoms with van der Waals surface area (Å²) in [7, 11) is 0. The molecule has 0 saturated carbocycles. The van der Waals surface area contributed by atoms with Gasteiger partial charge in [-0.25, -0.2) is 0 Å². The van der Waals surface area contributed by atoms with Gasteiger partial charge in [0.2, 0.25) is 0 Å². The standard InChI is InChI=1S/C11H15.Y/c1-8(2)11-7-9(3)5-6-10(11)4;/h6-8H,1-4H3;/q-1;. The second kappa shape index (κ2) is 5.14. The van der Waals surface area contributed by atoms with Gasteiger partial charge in [0.25, 0.3) is 0 Å². The van der Waals surface area contributed by atoms with Crippen LogP contribution in [0.4, 0.5) is 0 Å². The van der Waals surface area contributed by atoms with E-state index in [1.807, 2.05) is 0 Å². The van der Waals surface area contributed by atoms with E-state index in [4.69, 9.17) is 0 Å². The summed E-state index contributed by atoms with van der Waals surface area (Å²) in [6.07, 6.45) is 0. The number of benzene rings is 1. The normalized spacial score (nSPS) is 9.75. The van der Waals surface area contributed by atoms with Crippen molar-refractivity contribution < 1.29 is 32.7 Å². The molecule has 0 aromatic heterocycles. The Morgan fingerprint density at radius 2 is 1.83 bits per heavy atom. The summed E-state index contributed by atoms with van der Waals surface area (Å²) in [5.41, 5.74) is 4.03. The van der Waals surface area contributed by atoms with Gasteiger partial charge in [-0.05, 0) is 5.92 Å². The van der Waals surface area contributed by atoms with Gasteiger partial charge in [0.15, 0.2) is 0 Å². The van der Waals surface area contributed by atoms with Gasteiger partial charge >= 0.3 is 0 Å². The summed E-state index contributed by atoms with van der Waals surface area (Å²) >= 11 is 0. The van der Waals surface area contributed by atoms with Crippen LogP contribution in [0.1, 0.15) is 36.5 Å². The van der Waals surface area contributed by atoms with Crippen molar-refractivity contribution in [3.63, 3.8) is 0 Å². The number of rotatable bonds is 1. The van der Waals surface area contributed by atoms with Gasteiger partial charge in [0, 0.05) is 32.7 Å². The fourth-order valence-corrected chi connectivity index (χ4v) is 1.32. The molecule has 1 aromatic rings. The molecule has 0 aliphatic rings. The first kappa shape index (κ1) is 12.3. The molecule has 0 aliphatic carbocycles. The molecule has 0 saturated heterocycles. The molecule has 0 aliphatic heterocycles. The van der Waals surface area contributed by atoms with Crippen LogP contribution in [-0.2, 0) is 32.7 Å². The Morgan fingerprint density at radius 3 is 2.25 bits per heavy atom. The Bertz CT molecular complexity index is 251. The molecule has 0 fully saturated rings. The number of hydrogen-bond donors (Lipinski definition) is 0. The monoisotopic (exact) mass is 236 g/mol. The molecule has 0 N–H and O–H groups in total. The number of hydrogen-bond acceptors (Lipinski definition) is 0. The molecule has 63 valence electrons. The molecular weight excluding hydrogens is 221 g/mol. The maximum Gasteiger partial charge on any atom is 0 e. The molecule has 1 heteroatoms. The molecule has 0 unspecified atom stereocenters. The molecule has 0 amide bonds. The predicted molar refractivity (Wildman–Crippen MR) is 48.8 cm³/mol. The molecular formula is C11H15Y-. The number of aryl methyl sites for hydroxylation is 2. The Kier molecular flexibility index (Phi) is 5.28. The van der Waals surface area contributed by atoms with Crippen LogP contribution in [0.3, 0.4) is 0 Å². The molecule has 1 rings (SSSR count). The molecule has 12 heavy (non-hydrogen) atoms. The first-order valence-electron chi connectivity index (χ1n) is 4.10. The minimum Gasteiger partial charge on any atom is -0.180 e. The predicted octanol–water partition coefficient (Wildman–Crippen LogP) is 3.22. The molecule has 0 nitrogen and oxygen atoms in total. The fraction of sp³-hybridized carbons (Fsp3) is 0.455. The topological polar surface area (TPSA) is 0 Å². The van der Waals surface area contributed by atoms with E-state index < -0.39 is 0 Å². The minimum atomic E-state index is 0. The van der Waals surface area contributed by atoms with Crippen molar-refractivity contribution in [1.29, 1.82) is 0 Å². The quantitative estimate of drug-likeness (QED) is 0.657. The van der Waals surface area contributed by atoms with Crippen LogP contribution in [0.15, 0.2) is 12.1 Å². The summed E-state index contributed by atoms with van der Waals surface area (Å²) in [6.45, 7) is 8.68. The van der Waals surface area contributed by atoms with Gasteiger partial charge in [-0.15, -0.1) is 0 Å². The SMILES string of the molecule is Cc1[c-]cc(C)c(C(C)C)c1.[Y]. The summed E-state index contributed by atoms with van der Waals surface area (Å²) < 4.78 is 0. The largest absolute Gasteiger partial charge is 0.180 e.